The van der Waals surface area contributed by atoms with Crippen LogP contribution in [0.25, 0.3) is 0 Å². The van der Waals surface area contributed by atoms with E-state index < -0.39 is 17.6 Å². The van der Waals surface area contributed by atoms with Crippen LogP contribution in [0.5, 0.6) is 0 Å². The van der Waals surface area contributed by atoms with Crippen molar-refractivity contribution < 1.29 is 17.6 Å². The van der Waals surface area contributed by atoms with Gasteiger partial charge in [-0.2, -0.15) is 13.2 Å². The Kier molecular flexibility index (Phi) is 3.12. The lowest BCUT2D eigenvalue weighted by atomic mass is 9.94. The fourth-order valence-corrected chi connectivity index (χ4v) is 2.23. The summed E-state index contributed by atoms with van der Waals surface area (Å²) in [5.41, 5.74) is -0.681. The van der Waals surface area contributed by atoms with Crippen molar-refractivity contribution in [2.24, 2.45) is 5.92 Å². The van der Waals surface area contributed by atoms with Crippen LogP contribution in [0, 0.1) is 11.7 Å². The van der Waals surface area contributed by atoms with Crippen LogP contribution in [-0.2, 0) is 6.18 Å². The molecule has 0 aliphatic carbocycles. The number of benzene rings is 1. The predicted octanol–water partition coefficient (Wildman–Crippen LogP) is 3.52. The number of hydrogen-bond donors (Lipinski definition) is 1. The van der Waals surface area contributed by atoms with E-state index in [1.54, 1.807) is 0 Å². The first-order chi connectivity index (χ1) is 7.89. The van der Waals surface area contributed by atoms with Crippen molar-refractivity contribution in [3.63, 3.8) is 0 Å². The van der Waals surface area contributed by atoms with E-state index in [0.717, 1.165) is 25.1 Å². The molecular formula is C12H13F4N. The summed E-state index contributed by atoms with van der Waals surface area (Å²) in [5.74, 6) is -0.951. The summed E-state index contributed by atoms with van der Waals surface area (Å²) in [6.07, 6.45) is -3.72. The number of hydrogen-bond acceptors (Lipinski definition) is 1. The monoisotopic (exact) mass is 247 g/mol. The van der Waals surface area contributed by atoms with Crippen LogP contribution < -0.4 is 5.32 Å². The first kappa shape index (κ1) is 12.4. The SMILES string of the molecule is CC1CCNC1c1ccc(F)c(C(F)(F)F)c1. The van der Waals surface area contributed by atoms with Gasteiger partial charge in [0.2, 0.25) is 0 Å². The summed E-state index contributed by atoms with van der Waals surface area (Å²) >= 11 is 0. The van der Waals surface area contributed by atoms with E-state index in [4.69, 9.17) is 0 Å². The number of alkyl halides is 3. The molecule has 1 N–H and O–H groups in total. The van der Waals surface area contributed by atoms with E-state index in [1.165, 1.54) is 6.07 Å². The first-order valence-electron chi connectivity index (χ1n) is 5.49. The minimum atomic E-state index is -4.64. The van der Waals surface area contributed by atoms with E-state index in [-0.39, 0.29) is 12.0 Å². The zero-order valence-corrected chi connectivity index (χ0v) is 9.31. The Morgan fingerprint density at radius 2 is 2.00 bits per heavy atom. The van der Waals surface area contributed by atoms with Gasteiger partial charge in [-0.1, -0.05) is 13.0 Å². The largest absolute Gasteiger partial charge is 0.419 e. The molecule has 0 saturated carbocycles. The second-order valence-electron chi connectivity index (χ2n) is 4.43. The quantitative estimate of drug-likeness (QED) is 0.749. The molecular weight excluding hydrogens is 234 g/mol. The normalized spacial score (nSPS) is 25.2. The van der Waals surface area contributed by atoms with Crippen LogP contribution in [0.4, 0.5) is 17.6 Å². The maximum Gasteiger partial charge on any atom is 0.419 e. The third-order valence-electron chi connectivity index (χ3n) is 3.19. The molecule has 0 aromatic heterocycles. The lowest BCUT2D eigenvalue weighted by Gasteiger charge is -2.18. The molecule has 1 aliphatic rings. The standard InChI is InChI=1S/C12H13F4N/c1-7-4-5-17-11(7)8-2-3-10(13)9(6-8)12(14,15)16/h2-3,6-7,11,17H,4-5H2,1H3. The second-order valence-corrected chi connectivity index (χ2v) is 4.43. The summed E-state index contributed by atoms with van der Waals surface area (Å²) in [6, 6.07) is 3.11. The summed E-state index contributed by atoms with van der Waals surface area (Å²) in [5, 5.41) is 3.13. The summed E-state index contributed by atoms with van der Waals surface area (Å²) in [4.78, 5) is 0. The Labute approximate surface area is 96.8 Å². The van der Waals surface area contributed by atoms with Crippen LogP contribution in [-0.4, -0.2) is 6.54 Å². The van der Waals surface area contributed by atoms with E-state index in [2.05, 4.69) is 5.32 Å². The Morgan fingerprint density at radius 3 is 2.53 bits per heavy atom. The van der Waals surface area contributed by atoms with Gasteiger partial charge in [0.15, 0.2) is 0 Å². The minimum Gasteiger partial charge on any atom is -0.310 e. The summed E-state index contributed by atoms with van der Waals surface area (Å²) in [7, 11) is 0. The van der Waals surface area contributed by atoms with Crippen molar-refractivity contribution in [3.05, 3.63) is 35.1 Å². The van der Waals surface area contributed by atoms with Crippen molar-refractivity contribution in [2.45, 2.75) is 25.6 Å². The lowest BCUT2D eigenvalue weighted by molar-refractivity contribution is -0.140. The van der Waals surface area contributed by atoms with Gasteiger partial charge in [0.25, 0.3) is 0 Å². The van der Waals surface area contributed by atoms with Crippen molar-refractivity contribution in [1.29, 1.82) is 0 Å². The molecule has 1 saturated heterocycles. The van der Waals surface area contributed by atoms with Crippen LogP contribution >= 0.6 is 0 Å². The summed E-state index contributed by atoms with van der Waals surface area (Å²) < 4.78 is 50.8. The van der Waals surface area contributed by atoms with E-state index in [1.807, 2.05) is 6.92 Å². The Balaban J connectivity index is 2.37. The molecule has 0 bridgehead atoms. The molecule has 0 radical (unpaired) electrons. The number of nitrogens with one attached hydrogen (secondary N) is 1. The van der Waals surface area contributed by atoms with Gasteiger partial charge < -0.3 is 5.32 Å². The molecule has 1 heterocycles. The Morgan fingerprint density at radius 1 is 1.29 bits per heavy atom. The molecule has 94 valence electrons. The molecule has 1 aromatic rings. The fourth-order valence-electron chi connectivity index (χ4n) is 2.23. The average molecular weight is 247 g/mol. The van der Waals surface area contributed by atoms with Crippen LogP contribution in [0.1, 0.15) is 30.5 Å². The fraction of sp³-hybridized carbons (Fsp3) is 0.500. The van der Waals surface area contributed by atoms with Gasteiger partial charge in [0.1, 0.15) is 5.82 Å². The highest BCUT2D eigenvalue weighted by Crippen LogP contribution is 2.35. The maximum absolute atomic E-state index is 13.1. The van der Waals surface area contributed by atoms with Gasteiger partial charge >= 0.3 is 6.18 Å². The zero-order chi connectivity index (χ0) is 12.6. The van der Waals surface area contributed by atoms with Crippen LogP contribution in [0.2, 0.25) is 0 Å². The summed E-state index contributed by atoms with van der Waals surface area (Å²) in [6.45, 7) is 2.76. The van der Waals surface area contributed by atoms with Gasteiger partial charge in [-0.25, -0.2) is 4.39 Å². The van der Waals surface area contributed by atoms with Gasteiger partial charge in [0, 0.05) is 6.04 Å². The smallest absolute Gasteiger partial charge is 0.310 e. The minimum absolute atomic E-state index is 0.114. The Hall–Kier alpha value is -1.10. The molecule has 5 heteroatoms. The second kappa shape index (κ2) is 4.29. The van der Waals surface area contributed by atoms with Crippen molar-refractivity contribution in [2.75, 3.05) is 6.54 Å². The highest BCUT2D eigenvalue weighted by molar-refractivity contribution is 5.30. The molecule has 1 nitrogen and oxygen atoms in total. The molecule has 2 atom stereocenters. The average Bonchev–Trinajstić information content (AvgIpc) is 2.63. The van der Waals surface area contributed by atoms with Gasteiger partial charge in [-0.05, 0) is 36.6 Å². The van der Waals surface area contributed by atoms with Crippen molar-refractivity contribution in [1.82, 2.24) is 5.32 Å². The van der Waals surface area contributed by atoms with Gasteiger partial charge in [-0.3, -0.25) is 0 Å². The lowest BCUT2D eigenvalue weighted by Crippen LogP contribution is -2.18. The molecule has 17 heavy (non-hydrogen) atoms. The van der Waals surface area contributed by atoms with E-state index >= 15 is 0 Å². The molecule has 1 fully saturated rings. The first-order valence-corrected chi connectivity index (χ1v) is 5.49. The highest BCUT2D eigenvalue weighted by Gasteiger charge is 2.35. The van der Waals surface area contributed by atoms with Crippen LogP contribution in [0.15, 0.2) is 18.2 Å². The van der Waals surface area contributed by atoms with E-state index in [0.29, 0.717) is 5.56 Å². The molecule has 2 unspecified atom stereocenters. The molecule has 1 aliphatic heterocycles. The predicted molar refractivity (Wildman–Crippen MR) is 55.9 cm³/mol. The Bertz CT molecular complexity index is 413. The zero-order valence-electron chi connectivity index (χ0n) is 9.31. The van der Waals surface area contributed by atoms with Gasteiger partial charge in [-0.15, -0.1) is 0 Å². The van der Waals surface area contributed by atoms with Crippen molar-refractivity contribution in [3.8, 4) is 0 Å². The molecule has 1 aromatic carbocycles. The number of halogens is 4. The number of rotatable bonds is 1. The topological polar surface area (TPSA) is 12.0 Å². The molecule has 0 amide bonds. The van der Waals surface area contributed by atoms with Crippen molar-refractivity contribution >= 4 is 0 Å². The van der Waals surface area contributed by atoms with Gasteiger partial charge in [0.05, 0.1) is 5.56 Å². The molecule has 0 spiro atoms. The third kappa shape index (κ3) is 2.44. The van der Waals surface area contributed by atoms with E-state index in [9.17, 15) is 17.6 Å². The van der Waals surface area contributed by atoms with Crippen LogP contribution in [0.3, 0.4) is 0 Å². The maximum atomic E-state index is 13.1. The molecule has 2 rings (SSSR count). The highest BCUT2D eigenvalue weighted by atomic mass is 19.4. The third-order valence-corrected chi connectivity index (χ3v) is 3.19.